The summed E-state index contributed by atoms with van der Waals surface area (Å²) in [4.78, 5) is 38.9. The summed E-state index contributed by atoms with van der Waals surface area (Å²) >= 11 is 6.82. The van der Waals surface area contributed by atoms with Gasteiger partial charge in [0, 0.05) is 16.3 Å². The van der Waals surface area contributed by atoms with Crippen molar-refractivity contribution in [3.63, 3.8) is 0 Å². The van der Waals surface area contributed by atoms with E-state index in [1.807, 2.05) is 19.1 Å². The maximum atomic E-state index is 14.2. The molecule has 1 aliphatic heterocycles. The zero-order valence-electron chi connectivity index (χ0n) is 20.6. The zero-order valence-corrected chi connectivity index (χ0v) is 22.2. The smallest absolute Gasteiger partial charge is 0.293 e. The Labute approximate surface area is 228 Å². The zero-order chi connectivity index (χ0) is 27.2. The molecule has 7 nitrogen and oxygen atoms in total. The van der Waals surface area contributed by atoms with Gasteiger partial charge in [0.15, 0.2) is 18.1 Å². The monoisotopic (exact) mass is 554 g/mol. The van der Waals surface area contributed by atoms with Crippen molar-refractivity contribution in [1.82, 2.24) is 4.90 Å². The maximum Gasteiger partial charge on any atom is 0.293 e. The number of nitrogens with zero attached hydrogens (tertiary/aromatic N) is 1. The van der Waals surface area contributed by atoms with E-state index in [2.05, 4.69) is 5.32 Å². The van der Waals surface area contributed by atoms with Gasteiger partial charge in [-0.25, -0.2) is 4.39 Å². The molecule has 1 saturated heterocycles. The molecule has 1 N–H and O–H groups in total. The molecule has 0 bridgehead atoms. The minimum atomic E-state index is -0.593. The number of hydrogen-bond acceptors (Lipinski definition) is 6. The van der Waals surface area contributed by atoms with Crippen molar-refractivity contribution in [2.75, 3.05) is 18.5 Å². The van der Waals surface area contributed by atoms with E-state index in [1.54, 1.807) is 43.3 Å². The first-order valence-electron chi connectivity index (χ1n) is 11.7. The fraction of sp³-hybridized carbons (Fsp3) is 0.179. The molecule has 0 saturated carbocycles. The Morgan fingerprint density at radius 3 is 2.55 bits per heavy atom. The van der Waals surface area contributed by atoms with E-state index in [0.717, 1.165) is 22.2 Å². The van der Waals surface area contributed by atoms with Crippen LogP contribution in [0.3, 0.4) is 0 Å². The van der Waals surface area contributed by atoms with E-state index in [9.17, 15) is 18.8 Å². The molecular weight excluding hydrogens is 531 g/mol. The largest absolute Gasteiger partial charge is 0.490 e. The first kappa shape index (κ1) is 27.2. The van der Waals surface area contributed by atoms with Gasteiger partial charge in [-0.2, -0.15) is 0 Å². The molecule has 1 fully saturated rings. The highest BCUT2D eigenvalue weighted by molar-refractivity contribution is 8.18. The van der Waals surface area contributed by atoms with Crippen LogP contribution in [0.4, 0.5) is 14.9 Å². The van der Waals surface area contributed by atoms with Gasteiger partial charge in [0.05, 0.1) is 18.1 Å². The fourth-order valence-corrected chi connectivity index (χ4v) is 4.67. The van der Waals surface area contributed by atoms with Crippen LogP contribution in [0, 0.1) is 12.7 Å². The first-order valence-corrected chi connectivity index (χ1v) is 12.9. The van der Waals surface area contributed by atoms with Gasteiger partial charge >= 0.3 is 0 Å². The molecule has 0 aliphatic carbocycles. The molecule has 0 atom stereocenters. The van der Waals surface area contributed by atoms with Gasteiger partial charge in [-0.05, 0) is 73.6 Å². The molecule has 3 aromatic carbocycles. The second-order valence-corrected chi connectivity index (χ2v) is 9.71. The van der Waals surface area contributed by atoms with Crippen LogP contribution in [0.25, 0.3) is 6.08 Å². The minimum absolute atomic E-state index is 0.0734. The Morgan fingerprint density at radius 2 is 1.84 bits per heavy atom. The highest BCUT2D eigenvalue weighted by atomic mass is 35.5. The van der Waals surface area contributed by atoms with Gasteiger partial charge in [-0.3, -0.25) is 19.3 Å². The van der Waals surface area contributed by atoms with Gasteiger partial charge in [-0.15, -0.1) is 0 Å². The predicted octanol–water partition coefficient (Wildman–Crippen LogP) is 6.44. The predicted molar refractivity (Wildman–Crippen MR) is 146 cm³/mol. The molecule has 10 heteroatoms. The fourth-order valence-electron chi connectivity index (χ4n) is 3.61. The highest BCUT2D eigenvalue weighted by Crippen LogP contribution is 2.36. The highest BCUT2D eigenvalue weighted by Gasteiger charge is 2.36. The van der Waals surface area contributed by atoms with Gasteiger partial charge in [-0.1, -0.05) is 41.4 Å². The molecule has 1 aliphatic rings. The number of amides is 3. The number of carbonyl (C=O) groups excluding carboxylic acids is 3. The number of hydrogen-bond donors (Lipinski definition) is 1. The second kappa shape index (κ2) is 12.1. The minimum Gasteiger partial charge on any atom is -0.490 e. The van der Waals surface area contributed by atoms with Crippen molar-refractivity contribution >= 4 is 52.2 Å². The van der Waals surface area contributed by atoms with Crippen LogP contribution in [0.2, 0.25) is 5.02 Å². The number of aryl methyl sites for hydroxylation is 1. The molecule has 0 unspecified atom stereocenters. The summed E-state index contributed by atoms with van der Waals surface area (Å²) < 4.78 is 25.5. The average molecular weight is 555 g/mol. The Hall–Kier alpha value is -3.82. The van der Waals surface area contributed by atoms with E-state index in [0.29, 0.717) is 29.4 Å². The quantitative estimate of drug-likeness (QED) is 0.306. The molecule has 3 amide bonds. The lowest BCUT2D eigenvalue weighted by molar-refractivity contribution is -0.123. The molecule has 0 aromatic heterocycles. The second-order valence-electron chi connectivity index (χ2n) is 8.31. The van der Waals surface area contributed by atoms with E-state index >= 15 is 0 Å². The lowest BCUT2D eigenvalue weighted by atomic mass is 10.1. The lowest BCUT2D eigenvalue weighted by Gasteiger charge is -2.14. The van der Waals surface area contributed by atoms with Crippen molar-refractivity contribution < 1.29 is 28.2 Å². The number of rotatable bonds is 9. The molecule has 196 valence electrons. The lowest BCUT2D eigenvalue weighted by Crippen LogP contribution is -2.28. The van der Waals surface area contributed by atoms with Gasteiger partial charge in [0.2, 0.25) is 0 Å². The van der Waals surface area contributed by atoms with Crippen LogP contribution in [0.5, 0.6) is 11.5 Å². The van der Waals surface area contributed by atoms with Gasteiger partial charge in [0.25, 0.3) is 17.1 Å². The van der Waals surface area contributed by atoms with Crippen LogP contribution >= 0.6 is 23.4 Å². The molecule has 38 heavy (non-hydrogen) atoms. The van der Waals surface area contributed by atoms with Crippen molar-refractivity contribution in [3.05, 3.63) is 93.1 Å². The van der Waals surface area contributed by atoms with Crippen LogP contribution < -0.4 is 14.8 Å². The van der Waals surface area contributed by atoms with Crippen molar-refractivity contribution in [2.24, 2.45) is 0 Å². The Bertz CT molecular complexity index is 1390. The SMILES string of the molecule is CCOc1cc(C=C2SC(=O)N(Cc3c(F)cccc3Cl)C2=O)ccc1OCC(=O)Nc1ccc(C)cc1. The Balaban J connectivity index is 1.46. The van der Waals surface area contributed by atoms with E-state index in [-0.39, 0.29) is 34.6 Å². The third kappa shape index (κ3) is 6.54. The third-order valence-corrected chi connectivity index (χ3v) is 6.77. The molecule has 4 rings (SSSR count). The Kier molecular flexibility index (Phi) is 8.70. The number of thioether (sulfide) groups is 1. The van der Waals surface area contributed by atoms with E-state index in [1.165, 1.54) is 18.2 Å². The van der Waals surface area contributed by atoms with E-state index in [4.69, 9.17) is 21.1 Å². The summed E-state index contributed by atoms with van der Waals surface area (Å²) in [7, 11) is 0. The van der Waals surface area contributed by atoms with E-state index < -0.39 is 17.0 Å². The molecule has 1 heterocycles. The summed E-state index contributed by atoms with van der Waals surface area (Å²) in [6, 6.07) is 16.5. The number of anilines is 1. The number of carbonyl (C=O) groups is 3. The van der Waals surface area contributed by atoms with Gasteiger partial charge < -0.3 is 14.8 Å². The summed E-state index contributed by atoms with van der Waals surface area (Å²) in [5.41, 5.74) is 2.40. The van der Waals surface area contributed by atoms with Crippen LogP contribution in [-0.4, -0.2) is 35.2 Å². The molecule has 0 radical (unpaired) electrons. The number of halogens is 2. The van der Waals surface area contributed by atoms with Crippen molar-refractivity contribution in [2.45, 2.75) is 20.4 Å². The normalized spacial score (nSPS) is 14.2. The van der Waals surface area contributed by atoms with Crippen LogP contribution in [0.15, 0.2) is 65.6 Å². The number of nitrogens with one attached hydrogen (secondary N) is 1. The average Bonchev–Trinajstić information content (AvgIpc) is 3.14. The summed E-state index contributed by atoms with van der Waals surface area (Å²) in [5.74, 6) is -0.744. The third-order valence-electron chi connectivity index (χ3n) is 5.51. The van der Waals surface area contributed by atoms with Crippen molar-refractivity contribution in [3.8, 4) is 11.5 Å². The molecular formula is C28H24ClFN2O5S. The first-order chi connectivity index (χ1) is 18.2. The maximum absolute atomic E-state index is 14.2. The Morgan fingerprint density at radius 1 is 1.08 bits per heavy atom. The van der Waals surface area contributed by atoms with Crippen LogP contribution in [0.1, 0.15) is 23.6 Å². The summed E-state index contributed by atoms with van der Waals surface area (Å²) in [6.45, 7) is 3.61. The van der Waals surface area contributed by atoms with Crippen LogP contribution in [-0.2, 0) is 16.1 Å². The number of ether oxygens (including phenoxy) is 2. The molecule has 0 spiro atoms. The summed E-state index contributed by atoms with van der Waals surface area (Å²) in [6.07, 6.45) is 1.55. The topological polar surface area (TPSA) is 84.9 Å². The summed E-state index contributed by atoms with van der Waals surface area (Å²) in [5, 5.41) is 2.38. The molecule has 3 aromatic rings. The number of imide groups is 1. The number of benzene rings is 3. The standard InChI is InChI=1S/C28H24ClFN2O5S/c1-3-36-24-13-18(9-12-23(24)37-16-26(33)31-19-10-7-17(2)8-11-19)14-25-27(34)32(28(35)38-25)15-20-21(29)5-4-6-22(20)30/h4-14H,3,15-16H2,1-2H3,(H,31,33). The van der Waals surface area contributed by atoms with Gasteiger partial charge in [0.1, 0.15) is 5.82 Å². The van der Waals surface area contributed by atoms with Crippen molar-refractivity contribution in [1.29, 1.82) is 0 Å².